The van der Waals surface area contributed by atoms with Crippen LogP contribution < -0.4 is 0 Å². The predicted octanol–water partition coefficient (Wildman–Crippen LogP) is 5.29. The van der Waals surface area contributed by atoms with E-state index in [1.165, 1.54) is 6.07 Å². The summed E-state index contributed by atoms with van der Waals surface area (Å²) in [6.07, 6.45) is 2.80. The van der Waals surface area contributed by atoms with Crippen LogP contribution in [0.1, 0.15) is 49.8 Å². The highest BCUT2D eigenvalue weighted by Gasteiger charge is 2.30. The van der Waals surface area contributed by atoms with Crippen LogP contribution in [0.4, 0.5) is 4.39 Å². The first-order chi connectivity index (χ1) is 12.8. The first-order valence-corrected chi connectivity index (χ1v) is 10.8. The van der Waals surface area contributed by atoms with Gasteiger partial charge in [-0.05, 0) is 59.9 Å². The third-order valence-corrected chi connectivity index (χ3v) is 6.34. The molecule has 4 heteroatoms. The summed E-state index contributed by atoms with van der Waals surface area (Å²) in [5.41, 5.74) is 5.22. The number of halogens is 1. The molecule has 2 unspecified atom stereocenters. The van der Waals surface area contributed by atoms with Crippen molar-refractivity contribution in [3.05, 3.63) is 70.5 Å². The van der Waals surface area contributed by atoms with Gasteiger partial charge in [0.1, 0.15) is 11.6 Å². The molecule has 1 aliphatic rings. The van der Waals surface area contributed by atoms with Gasteiger partial charge in [0.2, 0.25) is 0 Å². The summed E-state index contributed by atoms with van der Waals surface area (Å²) in [6.45, 7) is 5.85. The molecule has 1 aliphatic carbocycles. The number of carbonyl (C=O) groups is 1. The molecule has 2 aromatic carbocycles. The van der Waals surface area contributed by atoms with Crippen LogP contribution in [0.3, 0.4) is 0 Å². The maximum absolute atomic E-state index is 13.9. The van der Waals surface area contributed by atoms with E-state index in [1.54, 1.807) is 12.3 Å². The zero-order valence-corrected chi connectivity index (χ0v) is 17.0. The first kappa shape index (κ1) is 19.7. The topological polar surface area (TPSA) is 34.1 Å². The summed E-state index contributed by atoms with van der Waals surface area (Å²) < 4.78 is 25.5. The van der Waals surface area contributed by atoms with E-state index >= 15 is 0 Å². The number of carbonyl (C=O) groups excluding carboxylic acids is 1. The summed E-state index contributed by atoms with van der Waals surface area (Å²) in [5, 5.41) is 0. The number of hydrogen-bond acceptors (Lipinski definition) is 2. The third-order valence-electron chi connectivity index (χ3n) is 5.40. The average Bonchev–Trinajstić information content (AvgIpc) is 2.87. The van der Waals surface area contributed by atoms with Crippen LogP contribution in [0.15, 0.2) is 52.9 Å². The molecule has 0 fully saturated rings. The van der Waals surface area contributed by atoms with E-state index < -0.39 is 10.8 Å². The number of allylic oxidation sites excluding steroid dienone is 2. The maximum Gasteiger partial charge on any atom is 0.139 e. The molecule has 0 radical (unpaired) electrons. The molecule has 0 aromatic heterocycles. The highest BCUT2D eigenvalue weighted by Crippen LogP contribution is 2.45. The summed E-state index contributed by atoms with van der Waals surface area (Å²) in [7, 11) is -0.993. The number of fused-ring (bicyclic) bond motifs is 1. The van der Waals surface area contributed by atoms with E-state index in [9.17, 15) is 13.4 Å². The van der Waals surface area contributed by atoms with E-state index in [-0.39, 0.29) is 23.4 Å². The second-order valence-electron chi connectivity index (χ2n) is 7.55. The summed E-state index contributed by atoms with van der Waals surface area (Å²) in [4.78, 5) is 13.2. The number of Topliss-reactive ketones (excluding diaryl/α,β-unsaturated/α-hetero) is 1. The quantitative estimate of drug-likeness (QED) is 0.678. The van der Waals surface area contributed by atoms with E-state index in [4.69, 9.17) is 0 Å². The molecule has 2 nitrogen and oxygen atoms in total. The fraction of sp³-hybridized carbons (Fsp3) is 0.348. The molecular formula is C23H25FO2S. The Hall–Kier alpha value is -2.07. The Bertz CT molecular complexity index is 926. The SMILES string of the molecule is CC1=C(CC(=O)C(C)C)c2cc(F)ccc2C1Cc1ccc(S(C)=O)cc1. The van der Waals surface area contributed by atoms with Crippen molar-refractivity contribution in [1.29, 1.82) is 0 Å². The van der Waals surface area contributed by atoms with Crippen molar-refractivity contribution in [2.75, 3.05) is 6.26 Å². The fourth-order valence-electron chi connectivity index (χ4n) is 3.68. The zero-order valence-electron chi connectivity index (χ0n) is 16.2. The summed E-state index contributed by atoms with van der Waals surface area (Å²) in [6, 6.07) is 12.7. The normalized spacial score (nSPS) is 17.3. The molecule has 2 aromatic rings. The molecule has 0 saturated carbocycles. The molecule has 0 N–H and O–H groups in total. The Kier molecular flexibility index (Phi) is 5.75. The lowest BCUT2D eigenvalue weighted by Crippen LogP contribution is -2.07. The van der Waals surface area contributed by atoms with Crippen molar-refractivity contribution in [3.8, 4) is 0 Å². The van der Waals surface area contributed by atoms with Gasteiger partial charge in [0.05, 0.1) is 0 Å². The van der Waals surface area contributed by atoms with Gasteiger partial charge in [-0.1, -0.05) is 37.6 Å². The van der Waals surface area contributed by atoms with Crippen molar-refractivity contribution < 1.29 is 13.4 Å². The first-order valence-electron chi connectivity index (χ1n) is 9.22. The van der Waals surface area contributed by atoms with E-state index in [0.29, 0.717) is 6.42 Å². The predicted molar refractivity (Wildman–Crippen MR) is 109 cm³/mol. The monoisotopic (exact) mass is 384 g/mol. The molecule has 0 amide bonds. The minimum atomic E-state index is -0.993. The Morgan fingerprint density at radius 1 is 1.15 bits per heavy atom. The molecule has 2 atom stereocenters. The van der Waals surface area contributed by atoms with Crippen LogP contribution in [0.25, 0.3) is 5.57 Å². The lowest BCUT2D eigenvalue weighted by molar-refractivity contribution is -0.120. The Morgan fingerprint density at radius 2 is 1.81 bits per heavy atom. The molecular weight excluding hydrogens is 359 g/mol. The van der Waals surface area contributed by atoms with Crippen LogP contribution in [0, 0.1) is 11.7 Å². The average molecular weight is 385 g/mol. The van der Waals surface area contributed by atoms with Gasteiger partial charge < -0.3 is 0 Å². The van der Waals surface area contributed by atoms with Gasteiger partial charge in [0, 0.05) is 40.2 Å². The molecule has 0 bridgehead atoms. The molecule has 3 rings (SSSR count). The fourth-order valence-corrected chi connectivity index (χ4v) is 4.20. The molecule has 0 heterocycles. The van der Waals surface area contributed by atoms with Crippen molar-refractivity contribution in [2.45, 2.75) is 44.4 Å². The molecule has 142 valence electrons. The maximum atomic E-state index is 13.9. The molecule has 27 heavy (non-hydrogen) atoms. The highest BCUT2D eigenvalue weighted by atomic mass is 32.2. The standard InChI is InChI=1S/C23H25FO2S/c1-14(2)23(25)13-21-15(3)20(19-10-7-17(24)12-22(19)21)11-16-5-8-18(9-6-16)27(4)26/h5-10,12,14,20H,11,13H2,1-4H3. The molecule has 0 aliphatic heterocycles. The Balaban J connectivity index is 1.95. The largest absolute Gasteiger partial charge is 0.299 e. The van der Waals surface area contributed by atoms with Crippen LogP contribution in [0.5, 0.6) is 0 Å². The minimum Gasteiger partial charge on any atom is -0.299 e. The van der Waals surface area contributed by atoms with Crippen molar-refractivity contribution in [3.63, 3.8) is 0 Å². The van der Waals surface area contributed by atoms with Gasteiger partial charge in [-0.3, -0.25) is 9.00 Å². The van der Waals surface area contributed by atoms with Crippen LogP contribution in [-0.2, 0) is 22.0 Å². The Morgan fingerprint density at radius 3 is 2.41 bits per heavy atom. The Labute approximate surface area is 163 Å². The van der Waals surface area contributed by atoms with Gasteiger partial charge >= 0.3 is 0 Å². The van der Waals surface area contributed by atoms with E-state index in [1.807, 2.05) is 44.2 Å². The zero-order chi connectivity index (χ0) is 19.7. The highest BCUT2D eigenvalue weighted by molar-refractivity contribution is 7.84. The van der Waals surface area contributed by atoms with Gasteiger partial charge in [-0.2, -0.15) is 0 Å². The van der Waals surface area contributed by atoms with E-state index in [0.717, 1.165) is 39.2 Å². The second kappa shape index (κ2) is 7.89. The molecule has 0 spiro atoms. The third kappa shape index (κ3) is 4.11. The van der Waals surface area contributed by atoms with Crippen molar-refractivity contribution in [2.24, 2.45) is 5.92 Å². The number of hydrogen-bond donors (Lipinski definition) is 0. The molecule has 0 saturated heterocycles. The van der Waals surface area contributed by atoms with Gasteiger partial charge in [-0.25, -0.2) is 4.39 Å². The minimum absolute atomic E-state index is 0.0381. The number of benzene rings is 2. The lowest BCUT2D eigenvalue weighted by Gasteiger charge is -2.15. The summed E-state index contributed by atoms with van der Waals surface area (Å²) in [5.74, 6) is -0.00110. The van der Waals surface area contributed by atoms with Gasteiger partial charge in [0.15, 0.2) is 0 Å². The summed E-state index contributed by atoms with van der Waals surface area (Å²) >= 11 is 0. The lowest BCUT2D eigenvalue weighted by atomic mass is 9.89. The van der Waals surface area contributed by atoms with E-state index in [2.05, 4.69) is 6.92 Å². The van der Waals surface area contributed by atoms with Gasteiger partial charge in [-0.15, -0.1) is 0 Å². The number of rotatable bonds is 6. The second-order valence-corrected chi connectivity index (χ2v) is 8.93. The van der Waals surface area contributed by atoms with Crippen LogP contribution >= 0.6 is 0 Å². The van der Waals surface area contributed by atoms with Crippen molar-refractivity contribution in [1.82, 2.24) is 0 Å². The number of ketones is 1. The van der Waals surface area contributed by atoms with Crippen LogP contribution in [-0.4, -0.2) is 16.2 Å². The van der Waals surface area contributed by atoms with Gasteiger partial charge in [0.25, 0.3) is 0 Å². The van der Waals surface area contributed by atoms with Crippen molar-refractivity contribution >= 4 is 22.2 Å². The van der Waals surface area contributed by atoms with Crippen LogP contribution in [0.2, 0.25) is 0 Å². The smallest absolute Gasteiger partial charge is 0.139 e.